The predicted molar refractivity (Wildman–Crippen MR) is 114 cm³/mol. The summed E-state index contributed by atoms with van der Waals surface area (Å²) in [4.78, 5) is 12.7. The maximum absolute atomic E-state index is 12.6. The lowest BCUT2D eigenvalue weighted by Crippen LogP contribution is -2.38. The van der Waals surface area contributed by atoms with E-state index in [2.05, 4.69) is 5.32 Å². The highest BCUT2D eigenvalue weighted by molar-refractivity contribution is 7.92. The molecular formula is C19H25N3O5S2. The van der Waals surface area contributed by atoms with Gasteiger partial charge < -0.3 is 5.32 Å². The second-order valence-corrected chi connectivity index (χ2v) is 10.9. The molecule has 29 heavy (non-hydrogen) atoms. The molecule has 0 saturated heterocycles. The lowest BCUT2D eigenvalue weighted by atomic mass is 10.2. The minimum absolute atomic E-state index is 0.0299. The monoisotopic (exact) mass is 439 g/mol. The van der Waals surface area contributed by atoms with Gasteiger partial charge in [-0.2, -0.15) is 0 Å². The number of hydrogen-bond donors (Lipinski definition) is 1. The van der Waals surface area contributed by atoms with E-state index in [1.165, 1.54) is 26.2 Å². The van der Waals surface area contributed by atoms with E-state index < -0.39 is 32.5 Å². The summed E-state index contributed by atoms with van der Waals surface area (Å²) in [5.41, 5.74) is 2.07. The topological polar surface area (TPSA) is 104 Å². The quantitative estimate of drug-likeness (QED) is 0.710. The molecule has 0 heterocycles. The van der Waals surface area contributed by atoms with Crippen LogP contribution < -0.4 is 9.62 Å². The van der Waals surface area contributed by atoms with E-state index in [-0.39, 0.29) is 4.90 Å². The van der Waals surface area contributed by atoms with E-state index in [0.717, 1.165) is 14.9 Å². The van der Waals surface area contributed by atoms with Crippen LogP contribution in [0.3, 0.4) is 0 Å². The summed E-state index contributed by atoms with van der Waals surface area (Å²) in [6.07, 6.45) is 1.03. The maximum Gasteiger partial charge on any atom is 0.245 e. The van der Waals surface area contributed by atoms with Gasteiger partial charge in [0.2, 0.25) is 26.0 Å². The van der Waals surface area contributed by atoms with Gasteiger partial charge in [0.1, 0.15) is 6.54 Å². The van der Waals surface area contributed by atoms with Crippen LogP contribution in [0.2, 0.25) is 0 Å². The molecular weight excluding hydrogens is 414 g/mol. The summed E-state index contributed by atoms with van der Waals surface area (Å²) in [6, 6.07) is 11.3. The van der Waals surface area contributed by atoms with Gasteiger partial charge in [0.05, 0.1) is 16.8 Å². The summed E-state index contributed by atoms with van der Waals surface area (Å²) in [6.45, 7) is 3.04. The van der Waals surface area contributed by atoms with Gasteiger partial charge in [-0.1, -0.05) is 24.3 Å². The van der Waals surface area contributed by atoms with Gasteiger partial charge in [0.25, 0.3) is 0 Å². The molecule has 1 N–H and O–H groups in total. The molecule has 2 rings (SSSR count). The molecule has 0 saturated carbocycles. The zero-order valence-corrected chi connectivity index (χ0v) is 18.6. The molecule has 0 aliphatic rings. The first kappa shape index (κ1) is 22.9. The molecule has 0 radical (unpaired) electrons. The number of aryl methyl sites for hydroxylation is 2. The highest BCUT2D eigenvalue weighted by atomic mass is 32.2. The van der Waals surface area contributed by atoms with Crippen molar-refractivity contribution in [2.75, 3.05) is 36.5 Å². The summed E-state index contributed by atoms with van der Waals surface area (Å²) < 4.78 is 51.3. The summed E-state index contributed by atoms with van der Waals surface area (Å²) in [7, 11) is -4.55. The molecule has 2 aromatic carbocycles. The van der Waals surface area contributed by atoms with Gasteiger partial charge in [-0.3, -0.25) is 9.10 Å². The normalized spacial score (nSPS) is 12.1. The second-order valence-electron chi connectivity index (χ2n) is 6.87. The highest BCUT2D eigenvalue weighted by Gasteiger charge is 2.23. The molecule has 0 spiro atoms. The first-order valence-corrected chi connectivity index (χ1v) is 12.0. The van der Waals surface area contributed by atoms with E-state index in [1.54, 1.807) is 44.2 Å². The molecule has 8 nitrogen and oxygen atoms in total. The Hall–Kier alpha value is -2.43. The maximum atomic E-state index is 12.6. The first-order valence-electron chi connectivity index (χ1n) is 8.70. The SMILES string of the molecule is Cc1ccc(S(=O)(=O)N(C)C)cc1NC(=O)CN(c1ccccc1C)S(C)(=O)=O. The van der Waals surface area contributed by atoms with Crippen molar-refractivity contribution in [3.05, 3.63) is 53.6 Å². The molecule has 1 amide bonds. The van der Waals surface area contributed by atoms with Gasteiger partial charge in [0, 0.05) is 19.8 Å². The fraction of sp³-hybridized carbons (Fsp3) is 0.316. The molecule has 0 fully saturated rings. The average Bonchev–Trinajstić information content (AvgIpc) is 2.61. The van der Waals surface area contributed by atoms with Crippen LogP contribution in [0.15, 0.2) is 47.4 Å². The van der Waals surface area contributed by atoms with Crippen LogP contribution in [0.4, 0.5) is 11.4 Å². The van der Waals surface area contributed by atoms with Crippen molar-refractivity contribution < 1.29 is 21.6 Å². The zero-order chi connectivity index (χ0) is 22.0. The Morgan fingerprint density at radius 1 is 0.966 bits per heavy atom. The minimum atomic E-state index is -3.71. The van der Waals surface area contributed by atoms with Crippen molar-refractivity contribution in [2.24, 2.45) is 0 Å². The van der Waals surface area contributed by atoms with Crippen molar-refractivity contribution in [2.45, 2.75) is 18.7 Å². The van der Waals surface area contributed by atoms with E-state index in [0.29, 0.717) is 22.5 Å². The number of amides is 1. The Labute approximate surface area is 172 Å². The lowest BCUT2D eigenvalue weighted by molar-refractivity contribution is -0.114. The molecule has 0 aromatic heterocycles. The number of carbonyl (C=O) groups is 1. The average molecular weight is 440 g/mol. The molecule has 158 valence electrons. The van der Waals surface area contributed by atoms with Crippen LogP contribution in [0.1, 0.15) is 11.1 Å². The van der Waals surface area contributed by atoms with Gasteiger partial charge in [-0.15, -0.1) is 0 Å². The Balaban J connectivity index is 2.33. The molecule has 0 unspecified atom stereocenters. The molecule has 10 heteroatoms. The van der Waals surface area contributed by atoms with Crippen LogP contribution in [0, 0.1) is 13.8 Å². The third-order valence-corrected chi connectivity index (χ3v) is 7.27. The van der Waals surface area contributed by atoms with Crippen molar-refractivity contribution in [3.63, 3.8) is 0 Å². The van der Waals surface area contributed by atoms with E-state index in [9.17, 15) is 21.6 Å². The van der Waals surface area contributed by atoms with E-state index in [1.807, 2.05) is 0 Å². The number of sulfonamides is 2. The fourth-order valence-corrected chi connectivity index (χ4v) is 4.49. The van der Waals surface area contributed by atoms with Crippen LogP contribution >= 0.6 is 0 Å². The number of rotatable bonds is 7. The zero-order valence-electron chi connectivity index (χ0n) is 17.0. The number of nitrogens with one attached hydrogen (secondary N) is 1. The van der Waals surface area contributed by atoms with Gasteiger partial charge in [0.15, 0.2) is 0 Å². The van der Waals surface area contributed by atoms with E-state index in [4.69, 9.17) is 0 Å². The standard InChI is InChI=1S/C19H25N3O5S2/c1-14-10-11-16(29(26,27)21(3)4)12-17(14)20-19(23)13-22(28(5,24)25)18-9-7-6-8-15(18)2/h6-12H,13H2,1-5H3,(H,20,23). The van der Waals surface area contributed by atoms with Crippen LogP contribution in [0.25, 0.3) is 0 Å². The molecule has 2 aromatic rings. The number of anilines is 2. The Kier molecular flexibility index (Phi) is 6.71. The Morgan fingerprint density at radius 3 is 2.14 bits per heavy atom. The largest absolute Gasteiger partial charge is 0.324 e. The fourth-order valence-electron chi connectivity index (χ4n) is 2.65. The molecule has 0 bridgehead atoms. The number of benzene rings is 2. The Bertz CT molecular complexity index is 1130. The van der Waals surface area contributed by atoms with Crippen LogP contribution in [-0.2, 0) is 24.8 Å². The highest BCUT2D eigenvalue weighted by Crippen LogP contribution is 2.24. The van der Waals surface area contributed by atoms with Crippen molar-refractivity contribution >= 4 is 37.3 Å². The van der Waals surface area contributed by atoms with Gasteiger partial charge >= 0.3 is 0 Å². The number of hydrogen-bond acceptors (Lipinski definition) is 5. The van der Waals surface area contributed by atoms with Crippen molar-refractivity contribution in [1.29, 1.82) is 0 Å². The molecule has 0 aliphatic carbocycles. The number of para-hydroxylation sites is 1. The third kappa shape index (κ3) is 5.34. The predicted octanol–water partition coefficient (Wildman–Crippen LogP) is 1.96. The number of nitrogens with zero attached hydrogens (tertiary/aromatic N) is 2. The minimum Gasteiger partial charge on any atom is -0.324 e. The van der Waals surface area contributed by atoms with Crippen LogP contribution in [-0.4, -0.2) is 53.9 Å². The van der Waals surface area contributed by atoms with Gasteiger partial charge in [-0.05, 0) is 43.2 Å². The summed E-state index contributed by atoms with van der Waals surface area (Å²) >= 11 is 0. The van der Waals surface area contributed by atoms with Crippen molar-refractivity contribution in [1.82, 2.24) is 4.31 Å². The Morgan fingerprint density at radius 2 is 1.59 bits per heavy atom. The first-order chi connectivity index (χ1) is 13.3. The van der Waals surface area contributed by atoms with Crippen LogP contribution in [0.5, 0.6) is 0 Å². The second kappa shape index (κ2) is 8.52. The van der Waals surface area contributed by atoms with E-state index >= 15 is 0 Å². The lowest BCUT2D eigenvalue weighted by Gasteiger charge is -2.24. The molecule has 0 atom stereocenters. The van der Waals surface area contributed by atoms with Gasteiger partial charge in [-0.25, -0.2) is 21.1 Å². The summed E-state index contributed by atoms with van der Waals surface area (Å²) in [5, 5.41) is 2.63. The number of carbonyl (C=O) groups excluding carboxylic acids is 1. The third-order valence-electron chi connectivity index (χ3n) is 4.33. The molecule has 0 aliphatic heterocycles. The smallest absolute Gasteiger partial charge is 0.245 e. The van der Waals surface area contributed by atoms with Crippen molar-refractivity contribution in [3.8, 4) is 0 Å². The summed E-state index contributed by atoms with van der Waals surface area (Å²) in [5.74, 6) is -0.582.